The Morgan fingerprint density at radius 3 is 1.84 bits per heavy atom. The van der Waals surface area contributed by atoms with Crippen molar-refractivity contribution in [1.29, 1.82) is 0 Å². The number of benzene rings is 2. The summed E-state index contributed by atoms with van der Waals surface area (Å²) in [6, 6.07) is 13.4. The van der Waals surface area contributed by atoms with Gasteiger partial charge in [0.15, 0.2) is 5.78 Å². The number of hydrogen-bond donors (Lipinski definition) is 0. The van der Waals surface area contributed by atoms with Crippen molar-refractivity contribution in [1.82, 2.24) is 9.80 Å². The van der Waals surface area contributed by atoms with Crippen molar-refractivity contribution in [3.63, 3.8) is 0 Å². The van der Waals surface area contributed by atoms with E-state index in [0.717, 1.165) is 29.7 Å². The summed E-state index contributed by atoms with van der Waals surface area (Å²) in [7, 11) is 0. The van der Waals surface area contributed by atoms with Gasteiger partial charge >= 0.3 is 6.03 Å². The van der Waals surface area contributed by atoms with E-state index in [4.69, 9.17) is 0 Å². The van der Waals surface area contributed by atoms with Crippen LogP contribution in [-0.4, -0.2) is 52.7 Å². The Morgan fingerprint density at radius 1 is 0.812 bits per heavy atom. The van der Waals surface area contributed by atoms with Crippen LogP contribution in [0.15, 0.2) is 48.5 Å². The standard InChI is InChI=1S/C13H8INO3.C11H20N2O/c14-10-6-7-11(12(8-10)15(17)18)13(16)9-4-2-1-3-5-9;14-11(12-7-3-1-4-8-12)13-9-5-2-6-10-13/h1-8H;1-10H2. The first-order chi connectivity index (χ1) is 15.5. The highest BCUT2D eigenvalue weighted by Crippen LogP contribution is 2.24. The SMILES string of the molecule is O=C(N1CCCCC1)N1CCCCC1.O=C(c1ccccc1)c1ccc(I)cc1[N+](=O)[O-]. The number of carbonyl (C=O) groups excluding carboxylic acids is 2. The summed E-state index contributed by atoms with van der Waals surface area (Å²) in [5, 5.41) is 11.0. The van der Waals surface area contributed by atoms with Gasteiger partial charge in [-0.3, -0.25) is 14.9 Å². The molecule has 0 radical (unpaired) electrons. The average Bonchev–Trinajstić information content (AvgIpc) is 2.85. The highest BCUT2D eigenvalue weighted by molar-refractivity contribution is 14.1. The summed E-state index contributed by atoms with van der Waals surface area (Å²) >= 11 is 1.98. The molecular weight excluding hydrogens is 521 g/mol. The van der Waals surface area contributed by atoms with Crippen LogP contribution in [0.1, 0.15) is 54.4 Å². The lowest BCUT2D eigenvalue weighted by Crippen LogP contribution is -2.47. The zero-order chi connectivity index (χ0) is 22.9. The summed E-state index contributed by atoms with van der Waals surface area (Å²) in [5.41, 5.74) is 0.407. The summed E-state index contributed by atoms with van der Waals surface area (Å²) in [5.74, 6) is -0.335. The van der Waals surface area contributed by atoms with Crippen LogP contribution in [0.25, 0.3) is 0 Å². The fourth-order valence-electron chi connectivity index (χ4n) is 3.96. The second-order valence-electron chi connectivity index (χ2n) is 7.99. The van der Waals surface area contributed by atoms with E-state index in [9.17, 15) is 19.7 Å². The minimum absolute atomic E-state index is 0.117. The number of rotatable bonds is 3. The number of nitro benzene ring substituents is 1. The van der Waals surface area contributed by atoms with Crippen LogP contribution in [0, 0.1) is 13.7 Å². The van der Waals surface area contributed by atoms with Gasteiger partial charge in [0.05, 0.1) is 4.92 Å². The lowest BCUT2D eigenvalue weighted by Gasteiger charge is -2.34. The molecule has 2 amide bonds. The predicted molar refractivity (Wildman–Crippen MR) is 132 cm³/mol. The molecule has 8 heteroatoms. The number of hydrogen-bond acceptors (Lipinski definition) is 4. The maximum absolute atomic E-state index is 12.2. The number of piperidine rings is 2. The minimum atomic E-state index is -0.529. The van der Waals surface area contributed by atoms with Crippen LogP contribution in [-0.2, 0) is 0 Å². The maximum atomic E-state index is 12.2. The van der Waals surface area contributed by atoms with Gasteiger partial charge in [0.25, 0.3) is 5.69 Å². The Kier molecular flexibility index (Phi) is 9.01. The first-order valence-electron chi connectivity index (χ1n) is 11.0. The summed E-state index contributed by atoms with van der Waals surface area (Å²) in [6.45, 7) is 3.93. The predicted octanol–water partition coefficient (Wildman–Crippen LogP) is 5.51. The monoisotopic (exact) mass is 549 g/mol. The molecule has 0 aliphatic carbocycles. The maximum Gasteiger partial charge on any atom is 0.319 e. The minimum Gasteiger partial charge on any atom is -0.325 e. The van der Waals surface area contributed by atoms with Gasteiger partial charge in [-0.15, -0.1) is 0 Å². The molecule has 0 atom stereocenters. The Morgan fingerprint density at radius 2 is 1.34 bits per heavy atom. The Labute approximate surface area is 202 Å². The molecule has 2 saturated heterocycles. The quantitative estimate of drug-likeness (QED) is 0.219. The molecule has 0 saturated carbocycles. The van der Waals surface area contributed by atoms with Gasteiger partial charge in [0.1, 0.15) is 5.56 Å². The molecule has 2 heterocycles. The van der Waals surface area contributed by atoms with E-state index in [0.29, 0.717) is 11.6 Å². The van der Waals surface area contributed by atoms with Crippen LogP contribution >= 0.6 is 22.6 Å². The van der Waals surface area contributed by atoms with Crippen LogP contribution in [0.4, 0.5) is 10.5 Å². The van der Waals surface area contributed by atoms with Crippen molar-refractivity contribution in [3.05, 3.63) is 73.3 Å². The number of nitrogens with zero attached hydrogens (tertiary/aromatic N) is 3. The number of nitro groups is 1. The van der Waals surface area contributed by atoms with Gasteiger partial charge in [0, 0.05) is 41.4 Å². The normalized spacial score (nSPS) is 16.0. The molecule has 0 aromatic heterocycles. The lowest BCUT2D eigenvalue weighted by molar-refractivity contribution is -0.385. The molecule has 7 nitrogen and oxygen atoms in total. The van der Waals surface area contributed by atoms with Crippen molar-refractivity contribution in [2.45, 2.75) is 38.5 Å². The van der Waals surface area contributed by atoms with Crippen molar-refractivity contribution in [2.75, 3.05) is 26.2 Å². The molecule has 0 unspecified atom stereocenters. The van der Waals surface area contributed by atoms with Crippen molar-refractivity contribution < 1.29 is 14.5 Å². The zero-order valence-corrected chi connectivity index (χ0v) is 20.2. The molecule has 2 aromatic carbocycles. The number of carbonyl (C=O) groups is 2. The van der Waals surface area contributed by atoms with E-state index in [1.54, 1.807) is 36.4 Å². The number of halogens is 1. The van der Waals surface area contributed by atoms with Gasteiger partial charge in [-0.05, 0) is 73.2 Å². The zero-order valence-electron chi connectivity index (χ0n) is 18.0. The molecule has 4 rings (SSSR count). The molecule has 2 aliphatic heterocycles. The Bertz CT molecular complexity index is 920. The van der Waals surface area contributed by atoms with Gasteiger partial charge in [-0.2, -0.15) is 0 Å². The van der Waals surface area contributed by atoms with Gasteiger partial charge in [-0.1, -0.05) is 30.3 Å². The number of ketones is 1. The first-order valence-corrected chi connectivity index (χ1v) is 12.1. The van der Waals surface area contributed by atoms with E-state index in [2.05, 4.69) is 0 Å². The smallest absolute Gasteiger partial charge is 0.319 e. The third kappa shape index (κ3) is 6.51. The lowest BCUT2D eigenvalue weighted by atomic mass is 10.0. The van der Waals surface area contributed by atoms with E-state index in [1.165, 1.54) is 50.7 Å². The van der Waals surface area contributed by atoms with E-state index < -0.39 is 4.92 Å². The molecule has 0 N–H and O–H groups in total. The molecule has 170 valence electrons. The van der Waals surface area contributed by atoms with Gasteiger partial charge in [0.2, 0.25) is 0 Å². The number of amides is 2. The van der Waals surface area contributed by atoms with Crippen molar-refractivity contribution in [2.24, 2.45) is 0 Å². The highest BCUT2D eigenvalue weighted by Gasteiger charge is 2.23. The van der Waals surface area contributed by atoms with Gasteiger partial charge in [-0.25, -0.2) is 4.79 Å². The third-order valence-electron chi connectivity index (χ3n) is 5.69. The van der Waals surface area contributed by atoms with Crippen molar-refractivity contribution in [3.8, 4) is 0 Å². The molecule has 2 aromatic rings. The van der Waals surface area contributed by atoms with Crippen LogP contribution in [0.2, 0.25) is 0 Å². The average molecular weight is 549 g/mol. The molecule has 2 fully saturated rings. The Hall–Kier alpha value is -2.49. The summed E-state index contributed by atoms with van der Waals surface area (Å²) in [4.78, 5) is 38.7. The number of likely N-dealkylation sites (tertiary alicyclic amines) is 2. The molecule has 32 heavy (non-hydrogen) atoms. The molecule has 0 spiro atoms. The van der Waals surface area contributed by atoms with E-state index in [-0.39, 0.29) is 17.0 Å². The van der Waals surface area contributed by atoms with Gasteiger partial charge < -0.3 is 9.80 Å². The largest absolute Gasteiger partial charge is 0.325 e. The summed E-state index contributed by atoms with van der Waals surface area (Å²) in [6.07, 6.45) is 7.37. The first kappa shape index (κ1) is 24.2. The topological polar surface area (TPSA) is 83.8 Å². The second-order valence-corrected chi connectivity index (χ2v) is 9.24. The Balaban J connectivity index is 0.000000186. The fourth-order valence-corrected chi connectivity index (χ4v) is 4.44. The number of urea groups is 1. The van der Waals surface area contributed by atoms with Crippen molar-refractivity contribution >= 4 is 40.1 Å². The molecular formula is C24H28IN3O4. The van der Waals surface area contributed by atoms with Crippen LogP contribution in [0.5, 0.6) is 0 Å². The van der Waals surface area contributed by atoms with E-state index >= 15 is 0 Å². The molecule has 2 aliphatic rings. The highest BCUT2D eigenvalue weighted by atomic mass is 127. The second kappa shape index (κ2) is 11.9. The van der Waals surface area contributed by atoms with E-state index in [1.807, 2.05) is 32.4 Å². The molecule has 0 bridgehead atoms. The summed E-state index contributed by atoms with van der Waals surface area (Å²) < 4.78 is 0.726. The fraction of sp³-hybridized carbons (Fsp3) is 0.417. The van der Waals surface area contributed by atoms with Crippen LogP contribution < -0.4 is 0 Å². The van der Waals surface area contributed by atoms with Crippen LogP contribution in [0.3, 0.4) is 0 Å². The third-order valence-corrected chi connectivity index (χ3v) is 6.36.